The maximum absolute atomic E-state index is 4.28. The zero-order valence-corrected chi connectivity index (χ0v) is 9.57. The molecule has 0 N–H and O–H groups in total. The number of imidazole rings is 1. The summed E-state index contributed by atoms with van der Waals surface area (Å²) >= 11 is 0. The molecule has 0 aliphatic heterocycles. The lowest BCUT2D eigenvalue weighted by Gasteiger charge is -2.07. The highest BCUT2D eigenvalue weighted by Crippen LogP contribution is 2.29. The van der Waals surface area contributed by atoms with Crippen molar-refractivity contribution < 1.29 is 0 Å². The van der Waals surface area contributed by atoms with Gasteiger partial charge < -0.3 is 4.57 Å². The van der Waals surface area contributed by atoms with Crippen molar-refractivity contribution in [2.24, 2.45) is 0 Å². The fraction of sp³-hybridized carbons (Fsp3) is 0.214. The van der Waals surface area contributed by atoms with Crippen molar-refractivity contribution in [1.82, 2.24) is 9.55 Å². The van der Waals surface area contributed by atoms with E-state index in [1.54, 1.807) is 0 Å². The Labute approximate surface area is 95.3 Å². The molecule has 2 aromatic rings. The number of aryl methyl sites for hydroxylation is 1. The van der Waals surface area contributed by atoms with Crippen LogP contribution in [-0.4, -0.2) is 9.55 Å². The molecule has 0 fully saturated rings. The van der Waals surface area contributed by atoms with Crippen LogP contribution < -0.4 is 0 Å². The molecule has 1 aromatic carbocycles. The van der Waals surface area contributed by atoms with Gasteiger partial charge in [0, 0.05) is 11.8 Å². The summed E-state index contributed by atoms with van der Waals surface area (Å²) in [5, 5.41) is 0. The minimum atomic E-state index is 1.05. The second kappa shape index (κ2) is 3.34. The number of hydrogen-bond donors (Lipinski definition) is 0. The Morgan fingerprint density at radius 3 is 2.88 bits per heavy atom. The predicted molar refractivity (Wildman–Crippen MR) is 65.7 cm³/mol. The molecule has 1 aromatic heterocycles. The first kappa shape index (κ1) is 9.40. The Hall–Kier alpha value is -1.83. The highest BCUT2D eigenvalue weighted by molar-refractivity contribution is 5.70. The summed E-state index contributed by atoms with van der Waals surface area (Å²) in [7, 11) is 0. The molecule has 0 amide bonds. The van der Waals surface area contributed by atoms with Crippen molar-refractivity contribution in [3.63, 3.8) is 0 Å². The van der Waals surface area contributed by atoms with E-state index in [9.17, 15) is 0 Å². The van der Waals surface area contributed by atoms with Crippen molar-refractivity contribution in [3.8, 4) is 5.69 Å². The van der Waals surface area contributed by atoms with Crippen LogP contribution in [0.1, 0.15) is 23.7 Å². The van der Waals surface area contributed by atoms with E-state index in [0.29, 0.717) is 0 Å². The van der Waals surface area contributed by atoms with Crippen molar-refractivity contribution in [3.05, 3.63) is 53.1 Å². The summed E-state index contributed by atoms with van der Waals surface area (Å²) in [5.41, 5.74) is 6.48. The van der Waals surface area contributed by atoms with Crippen LogP contribution in [0.25, 0.3) is 11.8 Å². The third-order valence-electron chi connectivity index (χ3n) is 3.02. The minimum absolute atomic E-state index is 1.05. The first-order valence-electron chi connectivity index (χ1n) is 5.54. The molecule has 0 radical (unpaired) electrons. The molecule has 2 heteroatoms. The van der Waals surface area contributed by atoms with E-state index in [1.807, 2.05) is 13.3 Å². The molecule has 3 rings (SSSR count). The van der Waals surface area contributed by atoms with Crippen LogP contribution in [0.2, 0.25) is 0 Å². The van der Waals surface area contributed by atoms with Crippen LogP contribution in [0.3, 0.4) is 0 Å². The minimum Gasteiger partial charge on any atom is -0.305 e. The van der Waals surface area contributed by atoms with Gasteiger partial charge in [-0.15, -0.1) is 0 Å². The first-order valence-corrected chi connectivity index (χ1v) is 5.54. The molecule has 80 valence electrons. The van der Waals surface area contributed by atoms with Gasteiger partial charge in [0.2, 0.25) is 0 Å². The quantitative estimate of drug-likeness (QED) is 0.707. The second-order valence-electron chi connectivity index (χ2n) is 4.44. The molecule has 1 aliphatic carbocycles. The van der Waals surface area contributed by atoms with Gasteiger partial charge in [-0.2, -0.15) is 0 Å². The molecular formula is C14H14N2. The summed E-state index contributed by atoms with van der Waals surface area (Å²) in [6.07, 6.45) is 7.31. The van der Waals surface area contributed by atoms with Crippen molar-refractivity contribution in [1.29, 1.82) is 0 Å². The maximum atomic E-state index is 4.28. The first-order chi connectivity index (χ1) is 7.74. The fourth-order valence-corrected chi connectivity index (χ4v) is 2.30. The van der Waals surface area contributed by atoms with Gasteiger partial charge in [0.1, 0.15) is 0 Å². The van der Waals surface area contributed by atoms with Crippen LogP contribution in [0, 0.1) is 6.92 Å². The van der Waals surface area contributed by atoms with Crippen LogP contribution in [0.15, 0.2) is 36.3 Å². The van der Waals surface area contributed by atoms with Gasteiger partial charge in [-0.3, -0.25) is 0 Å². The smallest absolute Gasteiger partial charge is 0.0995 e. The second-order valence-corrected chi connectivity index (χ2v) is 4.44. The van der Waals surface area contributed by atoms with Crippen LogP contribution in [0.4, 0.5) is 0 Å². The normalized spacial score (nSPS) is 13.8. The van der Waals surface area contributed by atoms with Gasteiger partial charge in [0.15, 0.2) is 0 Å². The SMILES string of the molecule is CC1=Cc2c(cccc2-n2cnc(C)c2)C1. The Morgan fingerprint density at radius 2 is 2.12 bits per heavy atom. The molecule has 0 bridgehead atoms. The van der Waals surface area contributed by atoms with E-state index in [4.69, 9.17) is 0 Å². The van der Waals surface area contributed by atoms with E-state index in [1.165, 1.54) is 22.4 Å². The van der Waals surface area contributed by atoms with Crippen LogP contribution >= 0.6 is 0 Å². The lowest BCUT2D eigenvalue weighted by molar-refractivity contribution is 1.05. The van der Waals surface area contributed by atoms with Gasteiger partial charge in [-0.1, -0.05) is 23.8 Å². The predicted octanol–water partition coefficient (Wildman–Crippen LogP) is 3.14. The van der Waals surface area contributed by atoms with E-state index in [0.717, 1.165) is 12.1 Å². The summed E-state index contributed by atoms with van der Waals surface area (Å²) in [5.74, 6) is 0. The van der Waals surface area contributed by atoms with E-state index in [2.05, 4.69) is 46.9 Å². The molecule has 1 aliphatic rings. The summed E-state index contributed by atoms with van der Waals surface area (Å²) in [6.45, 7) is 4.20. The molecular weight excluding hydrogens is 196 g/mol. The molecule has 0 spiro atoms. The molecule has 0 saturated carbocycles. The zero-order valence-electron chi connectivity index (χ0n) is 9.57. The lowest BCUT2D eigenvalue weighted by atomic mass is 10.1. The van der Waals surface area contributed by atoms with E-state index >= 15 is 0 Å². The van der Waals surface area contributed by atoms with Gasteiger partial charge in [0.25, 0.3) is 0 Å². The number of aromatic nitrogens is 2. The number of benzene rings is 1. The number of allylic oxidation sites excluding steroid dienone is 1. The van der Waals surface area contributed by atoms with Gasteiger partial charge in [-0.25, -0.2) is 4.98 Å². The summed E-state index contributed by atoms with van der Waals surface area (Å²) in [4.78, 5) is 4.28. The van der Waals surface area contributed by atoms with Gasteiger partial charge in [0.05, 0.1) is 17.7 Å². The molecule has 0 unspecified atom stereocenters. The Kier molecular flexibility index (Phi) is 1.96. The highest BCUT2D eigenvalue weighted by Gasteiger charge is 2.13. The third kappa shape index (κ3) is 1.38. The largest absolute Gasteiger partial charge is 0.305 e. The maximum Gasteiger partial charge on any atom is 0.0995 e. The Balaban J connectivity index is 2.19. The monoisotopic (exact) mass is 210 g/mol. The summed E-state index contributed by atoms with van der Waals surface area (Å²) in [6, 6.07) is 6.47. The average Bonchev–Trinajstić information content (AvgIpc) is 2.82. The third-order valence-corrected chi connectivity index (χ3v) is 3.02. The highest BCUT2D eigenvalue weighted by atomic mass is 15.0. The van der Waals surface area contributed by atoms with E-state index < -0.39 is 0 Å². The van der Waals surface area contributed by atoms with Crippen molar-refractivity contribution >= 4 is 6.08 Å². The molecule has 0 saturated heterocycles. The Morgan fingerprint density at radius 1 is 1.25 bits per heavy atom. The van der Waals surface area contributed by atoms with Crippen LogP contribution in [0.5, 0.6) is 0 Å². The van der Waals surface area contributed by atoms with Crippen molar-refractivity contribution in [2.45, 2.75) is 20.3 Å². The van der Waals surface area contributed by atoms with Crippen molar-refractivity contribution in [2.75, 3.05) is 0 Å². The zero-order chi connectivity index (χ0) is 11.1. The number of hydrogen-bond acceptors (Lipinski definition) is 1. The number of nitrogens with zero attached hydrogens (tertiary/aromatic N) is 2. The standard InChI is InChI=1S/C14H14N2/c1-10-6-12-4-3-5-14(13(12)7-10)16-8-11(2)15-9-16/h3-5,7-9H,6H2,1-2H3. The molecule has 2 nitrogen and oxygen atoms in total. The van der Waals surface area contributed by atoms with E-state index in [-0.39, 0.29) is 0 Å². The van der Waals surface area contributed by atoms with Gasteiger partial charge >= 0.3 is 0 Å². The van der Waals surface area contributed by atoms with Crippen LogP contribution in [-0.2, 0) is 6.42 Å². The van der Waals surface area contributed by atoms with Gasteiger partial charge in [-0.05, 0) is 31.9 Å². The number of fused-ring (bicyclic) bond motifs is 1. The lowest BCUT2D eigenvalue weighted by Crippen LogP contribution is -1.95. The molecule has 0 atom stereocenters. The topological polar surface area (TPSA) is 17.8 Å². The Bertz CT molecular complexity index is 576. The molecule has 16 heavy (non-hydrogen) atoms. The molecule has 1 heterocycles. The fourth-order valence-electron chi connectivity index (χ4n) is 2.30. The number of rotatable bonds is 1. The average molecular weight is 210 g/mol. The summed E-state index contributed by atoms with van der Waals surface area (Å²) < 4.78 is 2.10.